The van der Waals surface area contributed by atoms with E-state index in [0.717, 1.165) is 4.88 Å². The van der Waals surface area contributed by atoms with Crippen LogP contribution in [-0.4, -0.2) is 19.9 Å². The molecule has 0 radical (unpaired) electrons. The first-order chi connectivity index (χ1) is 13.6. The van der Waals surface area contributed by atoms with E-state index in [9.17, 15) is 5.11 Å². The molecule has 1 N–H and O–H groups in total. The van der Waals surface area contributed by atoms with Gasteiger partial charge >= 0.3 is 0 Å². The molecule has 0 fully saturated rings. The molecule has 8 nitrogen and oxygen atoms in total. The molecule has 0 atom stereocenters. The molecule has 0 amide bonds. The maximum Gasteiger partial charge on any atom is 0.232 e. The largest absolute Gasteiger partial charge is 0.506 e. The molecular formula is C17H12ClN7OS2. The Balaban J connectivity index is 1.67. The van der Waals surface area contributed by atoms with Crippen LogP contribution < -0.4 is 0 Å². The third kappa shape index (κ3) is 3.98. The number of phenols is 1. The maximum atomic E-state index is 9.49. The summed E-state index contributed by atoms with van der Waals surface area (Å²) in [5.41, 5.74) is 1.21. The SMILES string of the molecule is Cn1nccc1/N=N/c1sc(/N=N/c2ccc(O)c(Cl)c2)nc1-c1cccs1. The summed E-state index contributed by atoms with van der Waals surface area (Å²) >= 11 is 8.73. The number of hydrogen-bond acceptors (Lipinski definition) is 9. The van der Waals surface area contributed by atoms with Crippen LogP contribution in [0.15, 0.2) is 68.4 Å². The summed E-state index contributed by atoms with van der Waals surface area (Å²) in [4.78, 5) is 5.50. The normalized spacial score (nSPS) is 11.8. The molecule has 4 rings (SSSR count). The molecule has 0 aliphatic carbocycles. The van der Waals surface area contributed by atoms with Crippen LogP contribution >= 0.6 is 34.3 Å². The second-order valence-electron chi connectivity index (χ2n) is 5.48. The van der Waals surface area contributed by atoms with E-state index in [1.807, 2.05) is 17.5 Å². The van der Waals surface area contributed by atoms with Crippen LogP contribution in [0.1, 0.15) is 0 Å². The number of phenolic OH excluding ortho intramolecular Hbond substituents is 1. The smallest absolute Gasteiger partial charge is 0.232 e. The summed E-state index contributed by atoms with van der Waals surface area (Å²) in [5.74, 6) is 0.625. The Kier molecular flexibility index (Phi) is 5.24. The first-order valence-corrected chi connectivity index (χ1v) is 10.0. The summed E-state index contributed by atoms with van der Waals surface area (Å²) in [6.45, 7) is 0. The molecule has 0 unspecified atom stereocenters. The lowest BCUT2D eigenvalue weighted by Gasteiger charge is -1.95. The minimum Gasteiger partial charge on any atom is -0.506 e. The third-order valence-electron chi connectivity index (χ3n) is 3.57. The number of nitrogens with zero attached hydrogens (tertiary/aromatic N) is 7. The molecule has 0 saturated carbocycles. The average molecular weight is 430 g/mol. The van der Waals surface area contributed by atoms with Crippen molar-refractivity contribution in [2.75, 3.05) is 0 Å². The van der Waals surface area contributed by atoms with Gasteiger partial charge in [-0.15, -0.1) is 31.8 Å². The topological polar surface area (TPSA) is 100 Å². The van der Waals surface area contributed by atoms with Gasteiger partial charge in [-0.1, -0.05) is 29.0 Å². The van der Waals surface area contributed by atoms with Crippen molar-refractivity contribution in [3.05, 3.63) is 53.0 Å². The highest BCUT2D eigenvalue weighted by atomic mass is 35.5. The van der Waals surface area contributed by atoms with E-state index in [1.54, 1.807) is 41.4 Å². The standard InChI is InChI=1S/C17H12ClN7OS2/c1-25-14(6-7-19-25)22-23-16-15(13-3-2-8-27-13)20-17(28-16)24-21-10-4-5-12(26)11(18)9-10/h2-9,26H,1H3/b23-22+,24-21+. The van der Waals surface area contributed by atoms with Gasteiger partial charge in [0.2, 0.25) is 5.13 Å². The Morgan fingerprint density at radius 3 is 2.71 bits per heavy atom. The van der Waals surface area contributed by atoms with Gasteiger partial charge in [-0.05, 0) is 29.6 Å². The monoisotopic (exact) mass is 429 g/mol. The summed E-state index contributed by atoms with van der Waals surface area (Å²) in [5, 5.41) is 33.7. The van der Waals surface area contributed by atoms with E-state index in [-0.39, 0.29) is 10.8 Å². The molecule has 0 aliphatic heterocycles. The van der Waals surface area contributed by atoms with Crippen molar-refractivity contribution in [3.63, 3.8) is 0 Å². The molecule has 11 heteroatoms. The number of aromatic nitrogens is 3. The predicted octanol–water partition coefficient (Wildman–Crippen LogP) is 6.79. The van der Waals surface area contributed by atoms with E-state index < -0.39 is 0 Å². The molecular weight excluding hydrogens is 418 g/mol. The molecule has 0 spiro atoms. The second kappa shape index (κ2) is 7.97. The van der Waals surface area contributed by atoms with Crippen molar-refractivity contribution in [2.24, 2.45) is 27.5 Å². The van der Waals surface area contributed by atoms with Gasteiger partial charge in [0.1, 0.15) is 11.4 Å². The summed E-state index contributed by atoms with van der Waals surface area (Å²) in [7, 11) is 1.80. The molecule has 28 heavy (non-hydrogen) atoms. The van der Waals surface area contributed by atoms with Crippen molar-refractivity contribution in [2.45, 2.75) is 0 Å². The number of hydrogen-bond donors (Lipinski definition) is 1. The van der Waals surface area contributed by atoms with Gasteiger partial charge in [-0.25, -0.2) is 9.67 Å². The van der Waals surface area contributed by atoms with Crippen LogP contribution in [0.2, 0.25) is 5.02 Å². The second-order valence-corrected chi connectivity index (χ2v) is 7.79. The lowest BCUT2D eigenvalue weighted by molar-refractivity contribution is 0.475. The highest BCUT2D eigenvalue weighted by Gasteiger charge is 2.14. The van der Waals surface area contributed by atoms with Gasteiger partial charge < -0.3 is 5.11 Å². The number of benzene rings is 1. The quantitative estimate of drug-likeness (QED) is 0.353. The van der Waals surface area contributed by atoms with E-state index in [1.165, 1.54) is 23.5 Å². The first kappa shape index (κ1) is 18.4. The van der Waals surface area contributed by atoms with Crippen LogP contribution in [-0.2, 0) is 7.05 Å². The number of halogens is 1. The van der Waals surface area contributed by atoms with Gasteiger partial charge in [0.15, 0.2) is 10.8 Å². The molecule has 0 aliphatic rings. The van der Waals surface area contributed by atoms with Gasteiger partial charge in [0, 0.05) is 13.1 Å². The number of aromatic hydroxyl groups is 1. The Hall–Kier alpha value is -2.95. The fourth-order valence-corrected chi connectivity index (χ4v) is 3.89. The molecule has 4 aromatic rings. The van der Waals surface area contributed by atoms with E-state index >= 15 is 0 Å². The Morgan fingerprint density at radius 1 is 1.11 bits per heavy atom. The zero-order valence-electron chi connectivity index (χ0n) is 14.4. The van der Waals surface area contributed by atoms with Gasteiger partial charge in [-0.3, -0.25) is 0 Å². The van der Waals surface area contributed by atoms with Crippen LogP contribution in [0.4, 0.5) is 21.6 Å². The summed E-state index contributed by atoms with van der Waals surface area (Å²) in [6.07, 6.45) is 1.66. The first-order valence-electron chi connectivity index (χ1n) is 7.95. The van der Waals surface area contributed by atoms with Crippen LogP contribution in [0.25, 0.3) is 10.6 Å². The summed E-state index contributed by atoms with van der Waals surface area (Å²) in [6, 6.07) is 10.3. The number of rotatable bonds is 5. The van der Waals surface area contributed by atoms with E-state index in [2.05, 4.69) is 30.5 Å². The summed E-state index contributed by atoms with van der Waals surface area (Å²) < 4.78 is 1.63. The zero-order chi connectivity index (χ0) is 19.5. The molecule has 140 valence electrons. The Morgan fingerprint density at radius 2 is 2.00 bits per heavy atom. The molecule has 1 aromatic carbocycles. The van der Waals surface area contributed by atoms with Crippen molar-refractivity contribution in [1.82, 2.24) is 14.8 Å². The van der Waals surface area contributed by atoms with Gasteiger partial charge in [0.05, 0.1) is 21.8 Å². The fourth-order valence-electron chi connectivity index (χ4n) is 2.21. The maximum absolute atomic E-state index is 9.49. The number of thiazole rings is 1. The van der Waals surface area contributed by atoms with Crippen molar-refractivity contribution >= 4 is 55.9 Å². The molecule has 3 aromatic heterocycles. The number of aryl methyl sites for hydroxylation is 1. The van der Waals surface area contributed by atoms with Crippen molar-refractivity contribution in [1.29, 1.82) is 0 Å². The molecule has 3 heterocycles. The third-order valence-corrected chi connectivity index (χ3v) is 5.58. The highest BCUT2D eigenvalue weighted by molar-refractivity contribution is 7.20. The van der Waals surface area contributed by atoms with E-state index in [4.69, 9.17) is 11.6 Å². The van der Waals surface area contributed by atoms with E-state index in [0.29, 0.717) is 27.3 Å². The lowest BCUT2D eigenvalue weighted by atomic mass is 10.3. The fraction of sp³-hybridized carbons (Fsp3) is 0.0588. The van der Waals surface area contributed by atoms with Crippen LogP contribution in [0.3, 0.4) is 0 Å². The minimum atomic E-state index is -0.00675. The Bertz CT molecular complexity index is 1160. The predicted molar refractivity (Wildman–Crippen MR) is 110 cm³/mol. The number of azo groups is 2. The van der Waals surface area contributed by atoms with Gasteiger partial charge in [0.25, 0.3) is 0 Å². The minimum absolute atomic E-state index is 0.00675. The Labute approximate surface area is 172 Å². The van der Waals surface area contributed by atoms with Crippen LogP contribution in [0.5, 0.6) is 5.75 Å². The lowest BCUT2D eigenvalue weighted by Crippen LogP contribution is -1.86. The average Bonchev–Trinajstić information content (AvgIpc) is 3.42. The highest BCUT2D eigenvalue weighted by Crippen LogP contribution is 2.42. The van der Waals surface area contributed by atoms with Crippen LogP contribution in [0, 0.1) is 0 Å². The van der Waals surface area contributed by atoms with Crippen molar-refractivity contribution in [3.8, 4) is 16.3 Å². The van der Waals surface area contributed by atoms with Gasteiger partial charge in [-0.2, -0.15) is 5.10 Å². The zero-order valence-corrected chi connectivity index (χ0v) is 16.8. The molecule has 0 bridgehead atoms. The molecule has 0 saturated heterocycles. The number of thiophene rings is 1. The van der Waals surface area contributed by atoms with Crippen molar-refractivity contribution < 1.29 is 5.11 Å².